The van der Waals surface area contributed by atoms with Crippen LogP contribution in [0.3, 0.4) is 0 Å². The highest BCUT2D eigenvalue weighted by atomic mass is 35.5. The van der Waals surface area contributed by atoms with E-state index in [9.17, 15) is 4.79 Å². The molecule has 1 aliphatic rings. The standard InChI is InChI=1S/C19H21Cl3N4O2/c1-12-3-4-13(7-15(12)20)24-19(27)26-6-5-25(10-14(11-26)28-2)18-16(21)8-23-9-17(18)22/h3-4,7-9,14H,5-6,10-11H2,1-2H3,(H,24,27). The van der Waals surface area contributed by atoms with Gasteiger partial charge in [0.05, 0.1) is 28.4 Å². The molecule has 2 amide bonds. The normalized spacial score (nSPS) is 17.4. The summed E-state index contributed by atoms with van der Waals surface area (Å²) in [6.45, 7) is 3.96. The van der Waals surface area contributed by atoms with E-state index in [1.807, 2.05) is 24.0 Å². The first-order chi connectivity index (χ1) is 13.4. The van der Waals surface area contributed by atoms with E-state index in [0.29, 0.717) is 52.6 Å². The minimum Gasteiger partial charge on any atom is -0.378 e. The van der Waals surface area contributed by atoms with Crippen molar-refractivity contribution in [3.8, 4) is 0 Å². The molecule has 0 aliphatic carbocycles. The molecule has 1 aromatic carbocycles. The summed E-state index contributed by atoms with van der Waals surface area (Å²) in [6.07, 6.45) is 2.91. The molecule has 1 atom stereocenters. The van der Waals surface area contributed by atoms with Crippen LogP contribution in [0, 0.1) is 6.92 Å². The van der Waals surface area contributed by atoms with Crippen LogP contribution < -0.4 is 10.2 Å². The second-order valence-electron chi connectivity index (χ2n) is 6.60. The average Bonchev–Trinajstić information content (AvgIpc) is 2.87. The number of carbonyl (C=O) groups is 1. The molecule has 0 radical (unpaired) electrons. The second-order valence-corrected chi connectivity index (χ2v) is 7.82. The van der Waals surface area contributed by atoms with Crippen LogP contribution in [0.2, 0.25) is 15.1 Å². The zero-order chi connectivity index (χ0) is 20.3. The monoisotopic (exact) mass is 442 g/mol. The number of rotatable bonds is 3. The van der Waals surface area contributed by atoms with E-state index in [1.54, 1.807) is 30.5 Å². The van der Waals surface area contributed by atoms with E-state index < -0.39 is 0 Å². The Kier molecular flexibility index (Phi) is 6.88. The van der Waals surface area contributed by atoms with Gasteiger partial charge in [-0.15, -0.1) is 0 Å². The first-order valence-electron chi connectivity index (χ1n) is 8.78. The fourth-order valence-corrected chi connectivity index (χ4v) is 3.87. The molecule has 150 valence electrons. The SMILES string of the molecule is COC1CN(C(=O)Nc2ccc(C)c(Cl)c2)CCN(c2c(Cl)cncc2Cl)C1. The van der Waals surface area contributed by atoms with Crippen molar-refractivity contribution in [1.29, 1.82) is 0 Å². The average molecular weight is 444 g/mol. The number of aryl methyl sites for hydroxylation is 1. The van der Waals surface area contributed by atoms with Crippen molar-refractivity contribution in [2.45, 2.75) is 13.0 Å². The second kappa shape index (κ2) is 9.18. The number of anilines is 2. The summed E-state index contributed by atoms with van der Waals surface area (Å²) in [6, 6.07) is 5.22. The molecule has 1 unspecified atom stereocenters. The van der Waals surface area contributed by atoms with Gasteiger partial charge in [-0.1, -0.05) is 40.9 Å². The van der Waals surface area contributed by atoms with Gasteiger partial charge < -0.3 is 19.9 Å². The van der Waals surface area contributed by atoms with Crippen molar-refractivity contribution >= 4 is 52.2 Å². The third-order valence-corrected chi connectivity index (χ3v) is 5.64. The Bertz CT molecular complexity index is 845. The van der Waals surface area contributed by atoms with Gasteiger partial charge in [-0.05, 0) is 24.6 Å². The maximum absolute atomic E-state index is 12.8. The van der Waals surface area contributed by atoms with Crippen molar-refractivity contribution in [3.05, 3.63) is 51.2 Å². The van der Waals surface area contributed by atoms with Crippen LogP contribution in [0.1, 0.15) is 5.56 Å². The van der Waals surface area contributed by atoms with Crippen molar-refractivity contribution in [2.75, 3.05) is 43.5 Å². The van der Waals surface area contributed by atoms with Crippen LogP contribution in [-0.4, -0.2) is 55.3 Å². The fourth-order valence-electron chi connectivity index (χ4n) is 3.09. The molecular formula is C19H21Cl3N4O2. The molecule has 0 saturated carbocycles. The molecule has 1 saturated heterocycles. The number of aromatic nitrogens is 1. The molecule has 6 nitrogen and oxygen atoms in total. The van der Waals surface area contributed by atoms with Gasteiger partial charge in [0.15, 0.2) is 0 Å². The summed E-state index contributed by atoms with van der Waals surface area (Å²) >= 11 is 18.8. The zero-order valence-corrected chi connectivity index (χ0v) is 17.9. The Morgan fingerprint density at radius 1 is 1.14 bits per heavy atom. The lowest BCUT2D eigenvalue weighted by Crippen LogP contribution is -2.41. The molecule has 1 aliphatic heterocycles. The van der Waals surface area contributed by atoms with Gasteiger partial charge in [0.2, 0.25) is 0 Å². The summed E-state index contributed by atoms with van der Waals surface area (Å²) in [7, 11) is 1.62. The van der Waals surface area contributed by atoms with Crippen molar-refractivity contribution in [1.82, 2.24) is 9.88 Å². The number of halogens is 3. The highest BCUT2D eigenvalue weighted by molar-refractivity contribution is 6.38. The van der Waals surface area contributed by atoms with Gasteiger partial charge in [-0.25, -0.2) is 4.79 Å². The van der Waals surface area contributed by atoms with Gasteiger partial charge in [0.1, 0.15) is 0 Å². The van der Waals surface area contributed by atoms with E-state index >= 15 is 0 Å². The van der Waals surface area contributed by atoms with Crippen LogP contribution in [0.4, 0.5) is 16.2 Å². The number of carbonyl (C=O) groups excluding carboxylic acids is 1. The predicted octanol–water partition coefficient (Wildman–Crippen LogP) is 4.72. The number of amides is 2. The third-order valence-electron chi connectivity index (χ3n) is 4.68. The lowest BCUT2D eigenvalue weighted by Gasteiger charge is -2.26. The minimum atomic E-state index is -0.212. The molecule has 1 fully saturated rings. The molecule has 0 bridgehead atoms. The lowest BCUT2D eigenvalue weighted by atomic mass is 10.2. The quantitative estimate of drug-likeness (QED) is 0.746. The van der Waals surface area contributed by atoms with Crippen molar-refractivity contribution < 1.29 is 9.53 Å². The maximum atomic E-state index is 12.8. The number of ether oxygens (including phenoxy) is 1. The number of nitrogens with one attached hydrogen (secondary N) is 1. The topological polar surface area (TPSA) is 57.7 Å². The van der Waals surface area contributed by atoms with Gasteiger partial charge in [-0.3, -0.25) is 4.98 Å². The van der Waals surface area contributed by atoms with E-state index in [0.717, 1.165) is 5.56 Å². The molecule has 1 N–H and O–H groups in total. The van der Waals surface area contributed by atoms with Crippen LogP contribution in [0.25, 0.3) is 0 Å². The molecule has 9 heteroatoms. The largest absolute Gasteiger partial charge is 0.378 e. The Labute approximate surface area is 179 Å². The highest BCUT2D eigenvalue weighted by Crippen LogP contribution is 2.33. The number of benzene rings is 1. The molecule has 2 heterocycles. The van der Waals surface area contributed by atoms with E-state index in [1.165, 1.54) is 0 Å². The van der Waals surface area contributed by atoms with Crippen molar-refractivity contribution in [2.24, 2.45) is 0 Å². The number of urea groups is 1. The Morgan fingerprint density at radius 3 is 2.50 bits per heavy atom. The third kappa shape index (κ3) is 4.81. The zero-order valence-electron chi connectivity index (χ0n) is 15.6. The first-order valence-corrected chi connectivity index (χ1v) is 9.91. The fraction of sp³-hybridized carbons (Fsp3) is 0.368. The van der Waals surface area contributed by atoms with Gasteiger partial charge in [-0.2, -0.15) is 0 Å². The number of pyridine rings is 1. The molecule has 3 rings (SSSR count). The Morgan fingerprint density at radius 2 is 1.86 bits per heavy atom. The lowest BCUT2D eigenvalue weighted by molar-refractivity contribution is 0.0887. The van der Waals surface area contributed by atoms with Crippen LogP contribution in [-0.2, 0) is 4.74 Å². The molecule has 1 aromatic heterocycles. The highest BCUT2D eigenvalue weighted by Gasteiger charge is 2.28. The number of nitrogens with zero attached hydrogens (tertiary/aromatic N) is 3. The van der Waals surface area contributed by atoms with E-state index in [4.69, 9.17) is 39.5 Å². The summed E-state index contributed by atoms with van der Waals surface area (Å²) < 4.78 is 5.58. The van der Waals surface area contributed by atoms with Crippen molar-refractivity contribution in [3.63, 3.8) is 0 Å². The maximum Gasteiger partial charge on any atom is 0.321 e. The minimum absolute atomic E-state index is 0.199. The van der Waals surface area contributed by atoms with Gasteiger partial charge in [0, 0.05) is 49.8 Å². The van der Waals surface area contributed by atoms with Gasteiger partial charge >= 0.3 is 6.03 Å². The van der Waals surface area contributed by atoms with Crippen LogP contribution >= 0.6 is 34.8 Å². The molecule has 0 spiro atoms. The summed E-state index contributed by atoms with van der Waals surface area (Å²) in [5.74, 6) is 0. The molecular weight excluding hydrogens is 423 g/mol. The number of methoxy groups -OCH3 is 1. The number of hydrogen-bond acceptors (Lipinski definition) is 4. The smallest absolute Gasteiger partial charge is 0.321 e. The predicted molar refractivity (Wildman–Crippen MR) is 114 cm³/mol. The summed E-state index contributed by atoms with van der Waals surface area (Å²) in [4.78, 5) is 20.5. The number of hydrogen-bond donors (Lipinski definition) is 1. The summed E-state index contributed by atoms with van der Waals surface area (Å²) in [5, 5.41) is 4.44. The van der Waals surface area contributed by atoms with Gasteiger partial charge in [0.25, 0.3) is 0 Å². The van der Waals surface area contributed by atoms with E-state index in [-0.39, 0.29) is 12.1 Å². The van der Waals surface area contributed by atoms with Crippen LogP contribution in [0.15, 0.2) is 30.6 Å². The molecule has 28 heavy (non-hydrogen) atoms. The Balaban J connectivity index is 1.75. The summed E-state index contributed by atoms with van der Waals surface area (Å²) in [5.41, 5.74) is 2.31. The Hall–Kier alpha value is -1.73. The molecule has 2 aromatic rings. The van der Waals surface area contributed by atoms with Crippen LogP contribution in [0.5, 0.6) is 0 Å². The first kappa shape index (κ1) is 21.0. The van der Waals surface area contributed by atoms with E-state index in [2.05, 4.69) is 10.3 Å².